The summed E-state index contributed by atoms with van der Waals surface area (Å²) >= 11 is 0. The van der Waals surface area contributed by atoms with Gasteiger partial charge in [-0.15, -0.1) is 0 Å². The van der Waals surface area contributed by atoms with Gasteiger partial charge in [0.25, 0.3) is 0 Å². The van der Waals surface area contributed by atoms with Crippen molar-refractivity contribution < 1.29 is 13.2 Å². The molecule has 6 heteroatoms. The van der Waals surface area contributed by atoms with E-state index in [1.165, 1.54) is 0 Å². The lowest BCUT2D eigenvalue weighted by Crippen LogP contribution is -2.46. The fourth-order valence-electron chi connectivity index (χ4n) is 2.75. The predicted octanol–water partition coefficient (Wildman–Crippen LogP) is 1.71. The second kappa shape index (κ2) is 7.33. The monoisotopic (exact) mass is 312 g/mol. The fraction of sp³-hybridized carbons (Fsp3) is 0.667. The first-order valence-corrected chi connectivity index (χ1v) is 9.32. The van der Waals surface area contributed by atoms with Crippen LogP contribution in [0.5, 0.6) is 0 Å². The molecule has 0 saturated carbocycles. The molecule has 0 aromatic carbocycles. The third kappa shape index (κ3) is 4.76. The molecule has 0 spiro atoms. The van der Waals surface area contributed by atoms with E-state index in [0.29, 0.717) is 0 Å². The van der Waals surface area contributed by atoms with Crippen LogP contribution in [0.15, 0.2) is 24.5 Å². The zero-order valence-corrected chi connectivity index (χ0v) is 13.5. The molecule has 3 atom stereocenters. The van der Waals surface area contributed by atoms with Gasteiger partial charge in [-0.3, -0.25) is 4.98 Å². The zero-order chi connectivity index (χ0) is 15.3. The van der Waals surface area contributed by atoms with E-state index < -0.39 is 9.84 Å². The van der Waals surface area contributed by atoms with Crippen molar-refractivity contribution in [3.63, 3.8) is 0 Å². The molecule has 2 heterocycles. The molecule has 5 nitrogen and oxygen atoms in total. The van der Waals surface area contributed by atoms with Crippen molar-refractivity contribution in [3.05, 3.63) is 30.1 Å². The van der Waals surface area contributed by atoms with Gasteiger partial charge in [0.2, 0.25) is 0 Å². The molecule has 0 aliphatic carbocycles. The molecule has 118 valence electrons. The Morgan fingerprint density at radius 3 is 2.81 bits per heavy atom. The second-order valence-corrected chi connectivity index (χ2v) is 7.99. The Bertz CT molecular complexity index is 533. The quantitative estimate of drug-likeness (QED) is 0.866. The number of hydrogen-bond acceptors (Lipinski definition) is 5. The smallest absolute Gasteiger partial charge is 0.151 e. The van der Waals surface area contributed by atoms with E-state index in [-0.39, 0.29) is 29.7 Å². The van der Waals surface area contributed by atoms with E-state index in [4.69, 9.17) is 4.74 Å². The Morgan fingerprint density at radius 2 is 2.14 bits per heavy atom. The predicted molar refractivity (Wildman–Crippen MR) is 82.9 cm³/mol. The van der Waals surface area contributed by atoms with Crippen LogP contribution in [0.3, 0.4) is 0 Å². The van der Waals surface area contributed by atoms with Gasteiger partial charge in [-0.05, 0) is 37.5 Å². The molecule has 1 aromatic heterocycles. The highest BCUT2D eigenvalue weighted by Gasteiger charge is 2.29. The van der Waals surface area contributed by atoms with Crippen LogP contribution in [0.25, 0.3) is 0 Å². The number of rotatable bonds is 6. The molecular formula is C15H24N2O3S. The first-order valence-electron chi connectivity index (χ1n) is 7.50. The molecule has 1 N–H and O–H groups in total. The SMILES string of the molecule is CCS(=O)(=O)C[C@H](C)N[C@H]1CCCO[C@@H]1c1ccncc1. The molecule has 1 aliphatic heterocycles. The first kappa shape index (κ1) is 16.4. The van der Waals surface area contributed by atoms with Crippen molar-refractivity contribution >= 4 is 9.84 Å². The molecule has 1 fully saturated rings. The Balaban J connectivity index is 2.02. The number of sulfone groups is 1. The van der Waals surface area contributed by atoms with Crippen LogP contribution in [-0.2, 0) is 14.6 Å². The van der Waals surface area contributed by atoms with Crippen LogP contribution in [0.2, 0.25) is 0 Å². The number of hydrogen-bond donors (Lipinski definition) is 1. The molecule has 1 aliphatic rings. The van der Waals surface area contributed by atoms with Gasteiger partial charge in [0.1, 0.15) is 0 Å². The minimum Gasteiger partial charge on any atom is -0.372 e. The lowest BCUT2D eigenvalue weighted by Gasteiger charge is -2.34. The highest BCUT2D eigenvalue weighted by atomic mass is 32.2. The van der Waals surface area contributed by atoms with E-state index in [2.05, 4.69) is 10.3 Å². The normalized spacial score (nSPS) is 24.7. The van der Waals surface area contributed by atoms with E-state index in [1.54, 1.807) is 19.3 Å². The highest BCUT2D eigenvalue weighted by molar-refractivity contribution is 7.91. The van der Waals surface area contributed by atoms with Gasteiger partial charge in [0.05, 0.1) is 11.9 Å². The maximum absolute atomic E-state index is 11.7. The molecule has 2 rings (SSSR count). The van der Waals surface area contributed by atoms with Crippen molar-refractivity contribution in [1.29, 1.82) is 0 Å². The lowest BCUT2D eigenvalue weighted by atomic mass is 9.96. The van der Waals surface area contributed by atoms with Gasteiger partial charge in [0.15, 0.2) is 9.84 Å². The molecule has 1 aromatic rings. The van der Waals surface area contributed by atoms with Gasteiger partial charge in [-0.25, -0.2) is 8.42 Å². The summed E-state index contributed by atoms with van der Waals surface area (Å²) in [4.78, 5) is 4.03. The second-order valence-electron chi connectivity index (χ2n) is 5.59. The maximum atomic E-state index is 11.7. The molecule has 1 saturated heterocycles. The van der Waals surface area contributed by atoms with Crippen molar-refractivity contribution in [2.24, 2.45) is 0 Å². The summed E-state index contributed by atoms with van der Waals surface area (Å²) in [7, 11) is -2.96. The number of aromatic nitrogens is 1. The highest BCUT2D eigenvalue weighted by Crippen LogP contribution is 2.28. The first-order chi connectivity index (χ1) is 10.0. The Hall–Kier alpha value is -0.980. The van der Waals surface area contributed by atoms with Crippen molar-refractivity contribution in [1.82, 2.24) is 10.3 Å². The molecule has 0 radical (unpaired) electrons. The van der Waals surface area contributed by atoms with Crippen molar-refractivity contribution in [2.75, 3.05) is 18.1 Å². The Labute approximate surface area is 127 Å². The van der Waals surface area contributed by atoms with E-state index in [1.807, 2.05) is 19.1 Å². The summed E-state index contributed by atoms with van der Waals surface area (Å²) in [6.07, 6.45) is 5.47. The van der Waals surface area contributed by atoms with Crippen molar-refractivity contribution in [2.45, 2.75) is 44.9 Å². The molecular weight excluding hydrogens is 288 g/mol. The van der Waals surface area contributed by atoms with E-state index >= 15 is 0 Å². The van der Waals surface area contributed by atoms with Crippen LogP contribution in [-0.4, -0.2) is 43.6 Å². The molecule has 0 unspecified atom stereocenters. The summed E-state index contributed by atoms with van der Waals surface area (Å²) in [5, 5.41) is 3.43. The molecule has 0 amide bonds. The average molecular weight is 312 g/mol. The zero-order valence-electron chi connectivity index (χ0n) is 12.7. The molecule has 21 heavy (non-hydrogen) atoms. The minimum absolute atomic E-state index is 0.0338. The van der Waals surface area contributed by atoms with Gasteiger partial charge in [0, 0.05) is 36.8 Å². The standard InChI is InChI=1S/C15H24N2O3S/c1-3-21(18,19)11-12(2)17-14-5-4-10-20-15(14)13-6-8-16-9-7-13/h6-9,12,14-15,17H,3-5,10-11H2,1-2H3/t12-,14-,15+/m0/s1. The van der Waals surface area contributed by atoms with Gasteiger partial charge < -0.3 is 10.1 Å². The topological polar surface area (TPSA) is 68.3 Å². The number of pyridine rings is 1. The third-order valence-electron chi connectivity index (χ3n) is 3.80. The number of nitrogens with zero attached hydrogens (tertiary/aromatic N) is 1. The van der Waals surface area contributed by atoms with Crippen LogP contribution in [0, 0.1) is 0 Å². The van der Waals surface area contributed by atoms with Crippen LogP contribution >= 0.6 is 0 Å². The summed E-state index contributed by atoms with van der Waals surface area (Å²) in [6.45, 7) is 4.35. The van der Waals surface area contributed by atoms with Crippen LogP contribution in [0.1, 0.15) is 38.4 Å². The Kier molecular flexibility index (Phi) is 5.72. The maximum Gasteiger partial charge on any atom is 0.151 e. The van der Waals surface area contributed by atoms with E-state index in [0.717, 1.165) is 25.0 Å². The third-order valence-corrected chi connectivity index (χ3v) is 5.69. The number of nitrogens with one attached hydrogen (secondary N) is 1. The minimum atomic E-state index is -2.96. The Morgan fingerprint density at radius 1 is 1.43 bits per heavy atom. The van der Waals surface area contributed by atoms with Crippen molar-refractivity contribution in [3.8, 4) is 0 Å². The van der Waals surface area contributed by atoms with Gasteiger partial charge in [-0.1, -0.05) is 6.92 Å². The summed E-state index contributed by atoms with van der Waals surface area (Å²) < 4.78 is 29.3. The van der Waals surface area contributed by atoms with Crippen LogP contribution < -0.4 is 5.32 Å². The fourth-order valence-corrected chi connectivity index (χ4v) is 3.84. The summed E-state index contributed by atoms with van der Waals surface area (Å²) in [6, 6.07) is 3.98. The van der Waals surface area contributed by atoms with Gasteiger partial charge >= 0.3 is 0 Å². The summed E-state index contributed by atoms with van der Waals surface area (Å²) in [5.74, 6) is 0.358. The molecule has 0 bridgehead atoms. The number of ether oxygens (including phenoxy) is 1. The average Bonchev–Trinajstić information content (AvgIpc) is 2.48. The summed E-state index contributed by atoms with van der Waals surface area (Å²) in [5.41, 5.74) is 1.09. The van der Waals surface area contributed by atoms with Gasteiger partial charge in [-0.2, -0.15) is 0 Å². The largest absolute Gasteiger partial charge is 0.372 e. The van der Waals surface area contributed by atoms with Crippen LogP contribution in [0.4, 0.5) is 0 Å². The lowest BCUT2D eigenvalue weighted by molar-refractivity contribution is -0.0127. The van der Waals surface area contributed by atoms with E-state index in [9.17, 15) is 8.42 Å².